The molecule has 2 N–H and O–H groups in total. The first-order valence-corrected chi connectivity index (χ1v) is 7.27. The first-order chi connectivity index (χ1) is 9.25. The highest BCUT2D eigenvalue weighted by Crippen LogP contribution is 2.35. The smallest absolute Gasteiger partial charge is 0.255 e. The number of hydrogen-bond donors (Lipinski definition) is 2. The predicted octanol–water partition coefficient (Wildman–Crippen LogP) is 2.69. The Morgan fingerprint density at radius 3 is 3.11 bits per heavy atom. The molecule has 0 bridgehead atoms. The van der Waals surface area contributed by atoms with Gasteiger partial charge in [-0.25, -0.2) is 0 Å². The van der Waals surface area contributed by atoms with Crippen molar-refractivity contribution in [2.45, 2.75) is 24.3 Å². The van der Waals surface area contributed by atoms with Crippen LogP contribution in [-0.4, -0.2) is 21.9 Å². The minimum absolute atomic E-state index is 0.0575. The summed E-state index contributed by atoms with van der Waals surface area (Å²) in [5, 5.41) is 9.79. The van der Waals surface area contributed by atoms with E-state index in [1.807, 2.05) is 30.8 Å². The van der Waals surface area contributed by atoms with Crippen LogP contribution in [0.2, 0.25) is 0 Å². The summed E-state index contributed by atoms with van der Waals surface area (Å²) in [4.78, 5) is 13.5. The van der Waals surface area contributed by atoms with E-state index in [0.717, 1.165) is 17.9 Å². The lowest BCUT2D eigenvalue weighted by Gasteiger charge is -2.25. The first kappa shape index (κ1) is 12.3. The van der Waals surface area contributed by atoms with Crippen LogP contribution < -0.4 is 5.32 Å². The maximum atomic E-state index is 12.2. The molecule has 19 heavy (non-hydrogen) atoms. The molecule has 1 atom stereocenters. The molecule has 2 aromatic rings. The number of hydrogen-bond acceptors (Lipinski definition) is 3. The van der Waals surface area contributed by atoms with Crippen LogP contribution in [0.5, 0.6) is 0 Å². The molecule has 4 nitrogen and oxygen atoms in total. The molecule has 5 heteroatoms. The quantitative estimate of drug-likeness (QED) is 0.884. The lowest BCUT2D eigenvalue weighted by Crippen LogP contribution is -2.30. The monoisotopic (exact) mass is 273 g/mol. The maximum absolute atomic E-state index is 12.2. The molecule has 98 valence electrons. The molecule has 0 spiro atoms. The predicted molar refractivity (Wildman–Crippen MR) is 75.3 cm³/mol. The lowest BCUT2D eigenvalue weighted by atomic mass is 10.0. The van der Waals surface area contributed by atoms with Crippen molar-refractivity contribution in [3.05, 3.63) is 47.3 Å². The van der Waals surface area contributed by atoms with Crippen molar-refractivity contribution >= 4 is 17.7 Å². The second-order valence-corrected chi connectivity index (χ2v) is 5.75. The molecule has 1 aromatic heterocycles. The molecule has 1 aliphatic heterocycles. The van der Waals surface area contributed by atoms with E-state index >= 15 is 0 Å². The van der Waals surface area contributed by atoms with Gasteiger partial charge in [0.2, 0.25) is 0 Å². The van der Waals surface area contributed by atoms with E-state index in [4.69, 9.17) is 0 Å². The number of carbonyl (C=O) groups is 1. The zero-order valence-corrected chi connectivity index (χ0v) is 11.5. The third kappa shape index (κ3) is 2.38. The van der Waals surface area contributed by atoms with E-state index < -0.39 is 0 Å². The third-order valence-electron chi connectivity index (χ3n) is 3.34. The number of H-pyrrole nitrogens is 1. The standard InChI is InChI=1S/C14H15N3OS/c1-9-11(8-15-17-9)14(18)16-12-6-7-19-13-5-3-2-4-10(12)13/h2-5,8,12H,6-7H2,1H3,(H,15,17)(H,16,18). The van der Waals surface area contributed by atoms with E-state index in [2.05, 4.69) is 27.6 Å². The average Bonchev–Trinajstić information content (AvgIpc) is 2.85. The molecule has 1 aromatic carbocycles. The Balaban J connectivity index is 1.82. The van der Waals surface area contributed by atoms with Crippen LogP contribution in [0.25, 0.3) is 0 Å². The van der Waals surface area contributed by atoms with Crippen LogP contribution in [0.4, 0.5) is 0 Å². The van der Waals surface area contributed by atoms with E-state index in [1.54, 1.807) is 6.20 Å². The second-order valence-electron chi connectivity index (χ2n) is 4.61. The molecule has 2 heterocycles. The number of aryl methyl sites for hydroxylation is 1. The van der Waals surface area contributed by atoms with Crippen LogP contribution in [0.1, 0.15) is 34.1 Å². The zero-order valence-electron chi connectivity index (χ0n) is 10.6. The molecule has 0 saturated carbocycles. The highest BCUT2D eigenvalue weighted by atomic mass is 32.2. The van der Waals surface area contributed by atoms with E-state index in [9.17, 15) is 4.79 Å². The number of rotatable bonds is 2. The van der Waals surface area contributed by atoms with E-state index in [-0.39, 0.29) is 11.9 Å². The van der Waals surface area contributed by atoms with Crippen molar-refractivity contribution in [2.75, 3.05) is 5.75 Å². The fourth-order valence-electron chi connectivity index (χ4n) is 2.31. The van der Waals surface area contributed by atoms with Gasteiger partial charge in [-0.05, 0) is 25.0 Å². The Kier molecular flexibility index (Phi) is 3.29. The van der Waals surface area contributed by atoms with Gasteiger partial charge in [0.25, 0.3) is 5.91 Å². The van der Waals surface area contributed by atoms with Gasteiger partial charge in [-0.2, -0.15) is 5.10 Å². The summed E-state index contributed by atoms with van der Waals surface area (Å²) in [6, 6.07) is 8.36. The van der Waals surface area contributed by atoms with Crippen LogP contribution in [-0.2, 0) is 0 Å². The summed E-state index contributed by atoms with van der Waals surface area (Å²) < 4.78 is 0. The van der Waals surface area contributed by atoms with Gasteiger partial charge in [0, 0.05) is 16.3 Å². The summed E-state index contributed by atoms with van der Waals surface area (Å²) in [6.07, 6.45) is 2.54. The number of aromatic nitrogens is 2. The third-order valence-corrected chi connectivity index (χ3v) is 4.46. The Hall–Kier alpha value is -1.75. The maximum Gasteiger partial charge on any atom is 0.255 e. The Labute approximate surface area is 116 Å². The number of nitrogens with one attached hydrogen (secondary N) is 2. The summed E-state index contributed by atoms with van der Waals surface area (Å²) in [5.41, 5.74) is 2.64. The summed E-state index contributed by atoms with van der Waals surface area (Å²) in [5.74, 6) is 0.977. The first-order valence-electron chi connectivity index (χ1n) is 6.28. The lowest BCUT2D eigenvalue weighted by molar-refractivity contribution is 0.0934. The van der Waals surface area contributed by atoms with Crippen LogP contribution >= 0.6 is 11.8 Å². The average molecular weight is 273 g/mol. The fraction of sp³-hybridized carbons (Fsp3) is 0.286. The van der Waals surface area contributed by atoms with Crippen molar-refractivity contribution in [2.24, 2.45) is 0 Å². The normalized spacial score (nSPS) is 17.8. The van der Waals surface area contributed by atoms with Gasteiger partial charge in [-0.3, -0.25) is 9.89 Å². The molecule has 1 aliphatic rings. The number of fused-ring (bicyclic) bond motifs is 1. The number of aromatic amines is 1. The van der Waals surface area contributed by atoms with Crippen LogP contribution in [0.15, 0.2) is 35.4 Å². The zero-order chi connectivity index (χ0) is 13.2. The molecule has 1 unspecified atom stereocenters. The number of benzene rings is 1. The van der Waals surface area contributed by atoms with Crippen molar-refractivity contribution in [3.63, 3.8) is 0 Å². The highest BCUT2D eigenvalue weighted by molar-refractivity contribution is 7.99. The van der Waals surface area contributed by atoms with Gasteiger partial charge in [0.05, 0.1) is 17.8 Å². The van der Waals surface area contributed by atoms with Gasteiger partial charge in [0.1, 0.15) is 0 Å². The van der Waals surface area contributed by atoms with Crippen molar-refractivity contribution in [1.29, 1.82) is 0 Å². The minimum atomic E-state index is -0.0575. The number of carbonyl (C=O) groups excluding carboxylic acids is 1. The largest absolute Gasteiger partial charge is 0.345 e. The summed E-state index contributed by atoms with van der Waals surface area (Å²) in [7, 11) is 0. The van der Waals surface area contributed by atoms with Crippen LogP contribution in [0, 0.1) is 6.92 Å². The highest BCUT2D eigenvalue weighted by Gasteiger charge is 2.23. The number of amides is 1. The van der Waals surface area contributed by atoms with E-state index in [1.165, 1.54) is 10.5 Å². The topological polar surface area (TPSA) is 57.8 Å². The number of thioether (sulfide) groups is 1. The molecule has 3 rings (SSSR count). The SMILES string of the molecule is Cc1[nH]ncc1C(=O)NC1CCSc2ccccc21. The second kappa shape index (κ2) is 5.09. The fourth-order valence-corrected chi connectivity index (χ4v) is 3.43. The summed E-state index contributed by atoms with van der Waals surface area (Å²) in [6.45, 7) is 1.85. The summed E-state index contributed by atoms with van der Waals surface area (Å²) >= 11 is 1.85. The minimum Gasteiger partial charge on any atom is -0.345 e. The van der Waals surface area contributed by atoms with Crippen molar-refractivity contribution in [1.82, 2.24) is 15.5 Å². The van der Waals surface area contributed by atoms with Gasteiger partial charge < -0.3 is 5.32 Å². The Bertz CT molecular complexity index is 608. The number of nitrogens with zero attached hydrogens (tertiary/aromatic N) is 1. The van der Waals surface area contributed by atoms with Crippen molar-refractivity contribution < 1.29 is 4.79 Å². The molecule has 0 aliphatic carbocycles. The van der Waals surface area contributed by atoms with Gasteiger partial charge in [-0.1, -0.05) is 18.2 Å². The van der Waals surface area contributed by atoms with Crippen molar-refractivity contribution in [3.8, 4) is 0 Å². The van der Waals surface area contributed by atoms with Gasteiger partial charge in [-0.15, -0.1) is 11.8 Å². The van der Waals surface area contributed by atoms with E-state index in [0.29, 0.717) is 5.56 Å². The Morgan fingerprint density at radius 1 is 1.47 bits per heavy atom. The molecule has 0 fully saturated rings. The van der Waals surface area contributed by atoms with Crippen LogP contribution in [0.3, 0.4) is 0 Å². The molecular formula is C14H15N3OS. The molecular weight excluding hydrogens is 258 g/mol. The molecule has 0 radical (unpaired) electrons. The molecule has 0 saturated heterocycles. The molecule has 1 amide bonds. The Morgan fingerprint density at radius 2 is 2.32 bits per heavy atom. The van der Waals surface area contributed by atoms with Gasteiger partial charge >= 0.3 is 0 Å². The van der Waals surface area contributed by atoms with Gasteiger partial charge in [0.15, 0.2) is 0 Å².